The van der Waals surface area contributed by atoms with E-state index in [0.29, 0.717) is 34.9 Å². The van der Waals surface area contributed by atoms with E-state index in [2.05, 4.69) is 35.4 Å². The van der Waals surface area contributed by atoms with Crippen LogP contribution in [0.2, 0.25) is 0 Å². The van der Waals surface area contributed by atoms with Gasteiger partial charge in [0.05, 0.1) is 43.6 Å². The van der Waals surface area contributed by atoms with Gasteiger partial charge in [0.2, 0.25) is 0 Å². The second kappa shape index (κ2) is 19.5. The van der Waals surface area contributed by atoms with Gasteiger partial charge < -0.3 is 22.3 Å². The number of nitrogens with one attached hydrogen (secondary N) is 1. The van der Waals surface area contributed by atoms with Gasteiger partial charge in [-0.2, -0.15) is 32.2 Å². The molecular formula is C34H27KN11NaO11S3. The Morgan fingerprint density at radius 2 is 1.10 bits per heavy atom. The van der Waals surface area contributed by atoms with Crippen LogP contribution in [0.15, 0.2) is 149 Å². The first kappa shape index (κ1) is 48.8. The summed E-state index contributed by atoms with van der Waals surface area (Å²) in [6.45, 7) is 0. The zero-order chi connectivity index (χ0) is 42.9. The van der Waals surface area contributed by atoms with Gasteiger partial charge in [-0.05, 0) is 96.4 Å². The number of nitrogens with two attached hydrogens (primary N) is 3. The summed E-state index contributed by atoms with van der Waals surface area (Å²) >= 11 is 0. The van der Waals surface area contributed by atoms with Crippen LogP contribution in [0.1, 0.15) is 0 Å². The number of anilines is 4. The molecule has 0 aliphatic carbocycles. The largest absolute Gasteiger partial charge is 0.505 e. The van der Waals surface area contributed by atoms with Crippen molar-refractivity contribution in [2.24, 2.45) is 30.7 Å². The number of phenols is 1. The molecule has 0 saturated carbocycles. The number of rotatable bonds is 12. The number of non-ortho nitro benzene ring substituents is 1. The molecule has 0 heterocycles. The van der Waals surface area contributed by atoms with Crippen molar-refractivity contribution in [2.45, 2.75) is 14.7 Å². The maximum atomic E-state index is 13.1. The number of hydrogen-bond donors (Lipinski definition) is 7. The zero-order valence-electron chi connectivity index (χ0n) is 31.5. The first-order valence-corrected chi connectivity index (χ1v) is 20.5. The third-order valence-electron chi connectivity index (χ3n) is 8.05. The van der Waals surface area contributed by atoms with E-state index in [-0.39, 0.29) is 109 Å². The number of fused-ring (bicyclic) bond motifs is 1. The van der Waals surface area contributed by atoms with Gasteiger partial charge in [-0.15, -0.1) is 15.3 Å². The molecule has 0 fully saturated rings. The van der Waals surface area contributed by atoms with Gasteiger partial charge in [0.15, 0.2) is 5.75 Å². The summed E-state index contributed by atoms with van der Waals surface area (Å²) in [4.78, 5) is 8.05. The summed E-state index contributed by atoms with van der Waals surface area (Å²) in [7, 11) is -14.5. The summed E-state index contributed by atoms with van der Waals surface area (Å²) in [6.07, 6.45) is 0. The van der Waals surface area contributed by atoms with E-state index < -0.39 is 78.6 Å². The SMILES string of the molecule is Nc1ccc(N=Nc2ccc(NS(=O)(=O)c3ccc(N=Nc4c(S(=O)(=O)O)cc5cc(S(=O)(=O)O)c(N=Nc6ccc([N+](=O)[O-])cc6)c(N)c5c4O)cc3)cc2)c(N)c1.[K].[Na]. The minimum Gasteiger partial charge on any atom is -0.505 e. The summed E-state index contributed by atoms with van der Waals surface area (Å²) in [6, 6.07) is 21.3. The normalized spacial score (nSPS) is 12.1. The van der Waals surface area contributed by atoms with Crippen LogP contribution in [0.25, 0.3) is 10.8 Å². The number of nitro groups is 1. The van der Waals surface area contributed by atoms with E-state index in [1.165, 1.54) is 54.6 Å². The summed E-state index contributed by atoms with van der Waals surface area (Å²) in [5.41, 5.74) is 16.9. The molecule has 0 spiro atoms. The van der Waals surface area contributed by atoms with E-state index in [9.17, 15) is 49.6 Å². The van der Waals surface area contributed by atoms with Gasteiger partial charge in [-0.1, -0.05) is 0 Å². The number of nitrogen functional groups attached to an aromatic ring is 3. The van der Waals surface area contributed by atoms with Crippen molar-refractivity contribution in [1.82, 2.24) is 0 Å². The van der Waals surface area contributed by atoms with E-state index in [4.69, 9.17) is 17.2 Å². The third-order valence-corrected chi connectivity index (χ3v) is 11.2. The molecule has 0 aliphatic rings. The Bertz CT molecular complexity index is 3110. The second-order valence-corrected chi connectivity index (χ2v) is 16.6. The molecule has 22 nitrogen and oxygen atoms in total. The number of azo groups is 3. The molecule has 2 radical (unpaired) electrons. The quantitative estimate of drug-likeness (QED) is 0.0163. The fourth-order valence-electron chi connectivity index (χ4n) is 5.24. The number of hydrogen-bond acceptors (Lipinski definition) is 18. The van der Waals surface area contributed by atoms with Crippen molar-refractivity contribution in [3.05, 3.63) is 113 Å². The molecule has 0 amide bonds. The molecule has 304 valence electrons. The summed E-state index contributed by atoms with van der Waals surface area (Å²) < 4.78 is 98.2. The molecule has 0 aromatic heterocycles. The Hall–Kier alpha value is -4.81. The van der Waals surface area contributed by atoms with Gasteiger partial charge in [0, 0.05) is 104 Å². The average molecular weight is 924 g/mol. The smallest absolute Gasteiger partial charge is 0.296 e. The first-order valence-electron chi connectivity index (χ1n) is 16.2. The average Bonchev–Trinajstić information content (AvgIpc) is 3.16. The monoisotopic (exact) mass is 923 g/mol. The number of benzene rings is 6. The van der Waals surface area contributed by atoms with Crippen LogP contribution < -0.4 is 21.9 Å². The van der Waals surface area contributed by atoms with E-state index in [1.54, 1.807) is 12.1 Å². The minimum atomic E-state index is -5.22. The van der Waals surface area contributed by atoms with Gasteiger partial charge in [-0.25, -0.2) is 8.42 Å². The maximum absolute atomic E-state index is 13.1. The Morgan fingerprint density at radius 1 is 0.623 bits per heavy atom. The zero-order valence-corrected chi connectivity index (χ0v) is 39.1. The van der Waals surface area contributed by atoms with Crippen molar-refractivity contribution in [3.63, 3.8) is 0 Å². The fourth-order valence-corrected chi connectivity index (χ4v) is 7.63. The van der Waals surface area contributed by atoms with Gasteiger partial charge in [-0.3, -0.25) is 23.9 Å². The van der Waals surface area contributed by atoms with Crippen LogP contribution in [0.5, 0.6) is 5.75 Å². The Balaban J connectivity index is 0.00000410. The fraction of sp³-hybridized carbons (Fsp3) is 0. The summed E-state index contributed by atoms with van der Waals surface area (Å²) in [5, 5.41) is 44.7. The van der Waals surface area contributed by atoms with Gasteiger partial charge >= 0.3 is 0 Å². The topological polar surface area (TPSA) is 370 Å². The molecule has 61 heavy (non-hydrogen) atoms. The van der Waals surface area contributed by atoms with Crippen LogP contribution in [0, 0.1) is 10.1 Å². The van der Waals surface area contributed by atoms with Crippen molar-refractivity contribution < 1.29 is 44.4 Å². The number of nitro benzene ring substituents is 1. The van der Waals surface area contributed by atoms with E-state index >= 15 is 0 Å². The van der Waals surface area contributed by atoms with Crippen molar-refractivity contribution >= 4 is 185 Å². The minimum absolute atomic E-state index is 0. The molecule has 6 aromatic rings. The van der Waals surface area contributed by atoms with Crippen molar-refractivity contribution in [3.8, 4) is 5.75 Å². The molecule has 0 aliphatic heterocycles. The van der Waals surface area contributed by atoms with Crippen LogP contribution >= 0.6 is 0 Å². The number of sulfonamides is 1. The number of nitrogens with zero attached hydrogens (tertiary/aromatic N) is 7. The van der Waals surface area contributed by atoms with E-state index in [1.807, 2.05) is 0 Å². The van der Waals surface area contributed by atoms with Crippen LogP contribution in [0.4, 0.5) is 62.6 Å². The molecule has 27 heteroatoms. The maximum Gasteiger partial charge on any atom is 0.296 e. The van der Waals surface area contributed by atoms with Crippen LogP contribution in [-0.4, -0.2) is 125 Å². The van der Waals surface area contributed by atoms with E-state index in [0.717, 1.165) is 24.3 Å². The predicted octanol–water partition coefficient (Wildman–Crippen LogP) is 6.98. The Kier molecular flexibility index (Phi) is 15.6. The standard InChI is InChI=1S/C34H27N11O11S3.K.Na/c35-19-1-14-27(26(36)17-19)41-38-20-2-4-23(5-3-20)44-57(49,50)25-12-8-22(9-13-25)40-43-33-29(59(54,55)56)16-18-15-28(58(51,52)53)32(31(37)30(18)34(33)46)42-39-21-6-10-24(11-7-21)45(47)48;;/h1-17,44,46H,35-37H2,(H,51,52,53)(H,54,55,56);;. The Morgan fingerprint density at radius 3 is 1.61 bits per heavy atom. The molecule has 6 aromatic carbocycles. The molecule has 0 atom stereocenters. The number of phenolic OH excluding ortho intramolecular Hbond substituents is 1. The van der Waals surface area contributed by atoms with Crippen LogP contribution in [0.3, 0.4) is 0 Å². The number of aromatic hydroxyl groups is 1. The molecule has 10 N–H and O–H groups in total. The Labute approximate surface area is 410 Å². The predicted molar refractivity (Wildman–Crippen MR) is 226 cm³/mol. The van der Waals surface area contributed by atoms with Gasteiger partial charge in [0.25, 0.3) is 35.9 Å². The van der Waals surface area contributed by atoms with Crippen molar-refractivity contribution in [2.75, 3.05) is 21.9 Å². The molecular weight excluding hydrogens is 897 g/mol. The van der Waals surface area contributed by atoms with Gasteiger partial charge in [0.1, 0.15) is 26.9 Å². The third kappa shape index (κ3) is 11.6. The molecule has 0 saturated heterocycles. The van der Waals surface area contributed by atoms with Crippen LogP contribution in [-0.2, 0) is 30.3 Å². The van der Waals surface area contributed by atoms with Crippen molar-refractivity contribution in [1.29, 1.82) is 0 Å². The molecule has 6 rings (SSSR count). The first-order chi connectivity index (χ1) is 27.7. The second-order valence-electron chi connectivity index (χ2n) is 12.1. The summed E-state index contributed by atoms with van der Waals surface area (Å²) in [5.74, 6) is -1.03. The molecule has 0 unspecified atom stereocenters. The molecule has 0 bridgehead atoms.